The van der Waals surface area contributed by atoms with Crippen molar-refractivity contribution in [3.63, 3.8) is 0 Å². The van der Waals surface area contributed by atoms with Crippen LogP contribution in [0, 0.1) is 24.4 Å². The van der Waals surface area contributed by atoms with Crippen molar-refractivity contribution < 1.29 is 37.0 Å². The van der Waals surface area contributed by atoms with Crippen molar-refractivity contribution in [2.45, 2.75) is 39.9 Å². The number of rotatable bonds is 8. The van der Waals surface area contributed by atoms with Crippen LogP contribution < -0.4 is 15.2 Å². The summed E-state index contributed by atoms with van der Waals surface area (Å²) in [6.07, 6.45) is -0.833. The van der Waals surface area contributed by atoms with Gasteiger partial charge in [0.25, 0.3) is 0 Å². The molecule has 0 fully saturated rings. The van der Waals surface area contributed by atoms with Crippen LogP contribution in [0.15, 0.2) is 78.9 Å². The molecule has 7 nitrogen and oxygen atoms in total. The van der Waals surface area contributed by atoms with Crippen LogP contribution in [0.2, 0.25) is 0 Å². The van der Waals surface area contributed by atoms with Gasteiger partial charge in [0.2, 0.25) is 0 Å². The molecule has 0 saturated heterocycles. The maximum atomic E-state index is 13.9. The second-order valence-corrected chi connectivity index (χ2v) is 10.6. The minimum Gasteiger partial charge on any atom is -0.489 e. The minimum atomic E-state index is -0.942. The molecule has 43 heavy (non-hydrogen) atoms. The number of ether oxygens (including phenoxy) is 3. The molecule has 1 N–H and O–H groups in total. The van der Waals surface area contributed by atoms with Gasteiger partial charge in [-0.2, -0.15) is 5.01 Å². The van der Waals surface area contributed by atoms with Crippen LogP contribution >= 0.6 is 0 Å². The molecule has 4 rings (SSSR count). The van der Waals surface area contributed by atoms with Gasteiger partial charge in [-0.15, -0.1) is 0 Å². The zero-order chi connectivity index (χ0) is 31.3. The van der Waals surface area contributed by atoms with E-state index in [1.807, 2.05) is 0 Å². The Kier molecular flexibility index (Phi) is 9.28. The molecule has 0 unspecified atom stereocenters. The van der Waals surface area contributed by atoms with E-state index in [0.29, 0.717) is 33.7 Å². The SMILES string of the molecule is COC(=O)c1cccc(COc2ccc(-c3cc(F)c(F)cc3C)cc2)c1N(Nc1ccc(F)cc1)C(=O)OC(C)(C)C. The van der Waals surface area contributed by atoms with Gasteiger partial charge in [0.1, 0.15) is 23.8 Å². The van der Waals surface area contributed by atoms with Gasteiger partial charge in [-0.1, -0.05) is 24.3 Å². The van der Waals surface area contributed by atoms with E-state index >= 15 is 0 Å². The summed E-state index contributed by atoms with van der Waals surface area (Å²) in [6.45, 7) is 6.69. The third-order valence-corrected chi connectivity index (χ3v) is 6.24. The number of halogens is 3. The lowest BCUT2D eigenvalue weighted by Crippen LogP contribution is -2.42. The molecular formula is C33H31F3N2O5. The lowest BCUT2D eigenvalue weighted by molar-refractivity contribution is 0.0586. The fourth-order valence-corrected chi connectivity index (χ4v) is 4.25. The van der Waals surface area contributed by atoms with Crippen molar-refractivity contribution in [3.8, 4) is 16.9 Å². The van der Waals surface area contributed by atoms with Crippen molar-refractivity contribution >= 4 is 23.4 Å². The maximum Gasteiger partial charge on any atom is 0.434 e. The van der Waals surface area contributed by atoms with E-state index in [0.717, 1.165) is 17.1 Å². The minimum absolute atomic E-state index is 0.0493. The Morgan fingerprint density at radius 2 is 1.53 bits per heavy atom. The summed E-state index contributed by atoms with van der Waals surface area (Å²) in [5.74, 6) is -2.60. The van der Waals surface area contributed by atoms with Crippen LogP contribution in [0.5, 0.6) is 5.75 Å². The van der Waals surface area contributed by atoms with E-state index in [4.69, 9.17) is 14.2 Å². The zero-order valence-corrected chi connectivity index (χ0v) is 24.3. The number of anilines is 2. The summed E-state index contributed by atoms with van der Waals surface area (Å²) in [5, 5.41) is 1.05. The second-order valence-electron chi connectivity index (χ2n) is 10.6. The average Bonchev–Trinajstić information content (AvgIpc) is 2.96. The molecular weight excluding hydrogens is 561 g/mol. The predicted molar refractivity (Wildman–Crippen MR) is 157 cm³/mol. The molecule has 0 bridgehead atoms. The zero-order valence-electron chi connectivity index (χ0n) is 24.3. The van der Waals surface area contributed by atoms with Crippen LogP contribution in [0.4, 0.5) is 29.3 Å². The van der Waals surface area contributed by atoms with Gasteiger partial charge in [-0.3, -0.25) is 5.43 Å². The quantitative estimate of drug-likeness (QED) is 0.164. The number of hydrazine groups is 1. The van der Waals surface area contributed by atoms with Gasteiger partial charge in [0.15, 0.2) is 11.6 Å². The average molecular weight is 593 g/mol. The highest BCUT2D eigenvalue weighted by Crippen LogP contribution is 2.32. The normalized spacial score (nSPS) is 11.1. The largest absolute Gasteiger partial charge is 0.489 e. The molecule has 224 valence electrons. The molecule has 0 aliphatic carbocycles. The number of hydrogen-bond donors (Lipinski definition) is 1. The summed E-state index contributed by atoms with van der Waals surface area (Å²) < 4.78 is 57.7. The lowest BCUT2D eigenvalue weighted by atomic mass is 10.0. The number of amides is 1. The van der Waals surface area contributed by atoms with Crippen LogP contribution in [0.25, 0.3) is 11.1 Å². The number of methoxy groups -OCH3 is 1. The second kappa shape index (κ2) is 12.9. The fraction of sp³-hybridized carbons (Fsp3) is 0.212. The van der Waals surface area contributed by atoms with Gasteiger partial charge in [0, 0.05) is 5.56 Å². The first-order valence-corrected chi connectivity index (χ1v) is 13.3. The maximum absolute atomic E-state index is 13.9. The molecule has 0 heterocycles. The van der Waals surface area contributed by atoms with Crippen molar-refractivity contribution in [1.29, 1.82) is 0 Å². The number of hydrogen-bond acceptors (Lipinski definition) is 6. The number of carbonyl (C=O) groups is 2. The lowest BCUT2D eigenvalue weighted by Gasteiger charge is -2.30. The fourth-order valence-electron chi connectivity index (χ4n) is 4.25. The van der Waals surface area contributed by atoms with Crippen LogP contribution in [-0.2, 0) is 16.1 Å². The van der Waals surface area contributed by atoms with E-state index in [1.54, 1.807) is 64.1 Å². The molecule has 1 amide bonds. The van der Waals surface area contributed by atoms with Crippen LogP contribution in [-0.4, -0.2) is 24.8 Å². The Hall–Kier alpha value is -4.99. The topological polar surface area (TPSA) is 77.1 Å². The number of benzene rings is 4. The highest BCUT2D eigenvalue weighted by Gasteiger charge is 2.30. The first kappa shape index (κ1) is 31.0. The van der Waals surface area contributed by atoms with Crippen LogP contribution in [0.3, 0.4) is 0 Å². The Labute approximate surface area is 247 Å². The molecule has 0 spiro atoms. The van der Waals surface area contributed by atoms with Gasteiger partial charge in [-0.25, -0.2) is 22.8 Å². The third kappa shape index (κ3) is 7.65. The number of carbonyl (C=O) groups excluding carboxylic acids is 2. The first-order chi connectivity index (χ1) is 20.4. The van der Waals surface area contributed by atoms with E-state index in [1.165, 1.54) is 37.4 Å². The highest BCUT2D eigenvalue weighted by molar-refractivity contribution is 6.02. The molecule has 0 aliphatic rings. The van der Waals surface area contributed by atoms with Gasteiger partial charge in [-0.05, 0) is 99.0 Å². The molecule has 0 aromatic heterocycles. The molecule has 4 aromatic rings. The monoisotopic (exact) mass is 592 g/mol. The van der Waals surface area contributed by atoms with E-state index < -0.39 is 35.1 Å². The highest BCUT2D eigenvalue weighted by atomic mass is 19.2. The summed E-state index contributed by atoms with van der Waals surface area (Å²) in [4.78, 5) is 26.3. The molecule has 4 aromatic carbocycles. The number of nitrogens with zero attached hydrogens (tertiary/aromatic N) is 1. The van der Waals surface area contributed by atoms with Crippen molar-refractivity contribution in [2.75, 3.05) is 17.5 Å². The molecule has 0 atom stereocenters. The van der Waals surface area contributed by atoms with Crippen LogP contribution in [0.1, 0.15) is 42.3 Å². The number of esters is 1. The Morgan fingerprint density at radius 1 is 0.884 bits per heavy atom. The van der Waals surface area contributed by atoms with Crippen molar-refractivity contribution in [1.82, 2.24) is 0 Å². The Balaban J connectivity index is 1.69. The van der Waals surface area contributed by atoms with E-state index in [-0.39, 0.29) is 17.9 Å². The molecule has 10 heteroatoms. The summed E-state index contributed by atoms with van der Waals surface area (Å²) in [7, 11) is 1.22. The van der Waals surface area contributed by atoms with E-state index in [9.17, 15) is 22.8 Å². The number of aryl methyl sites for hydroxylation is 1. The van der Waals surface area contributed by atoms with Crippen molar-refractivity contribution in [2.24, 2.45) is 0 Å². The standard InChI is InChI=1S/C33H31F3N2O5/c1-20-17-28(35)29(36)18-27(20)21-9-15-25(16-10-21)42-19-22-7-6-8-26(31(39)41-5)30(22)38(32(40)43-33(2,3)4)37-24-13-11-23(34)12-14-24/h6-18,37H,19H2,1-5H3. The Bertz CT molecular complexity index is 1620. The smallest absolute Gasteiger partial charge is 0.434 e. The Morgan fingerprint density at radius 3 is 2.16 bits per heavy atom. The van der Waals surface area contributed by atoms with Gasteiger partial charge >= 0.3 is 12.1 Å². The molecule has 0 radical (unpaired) electrons. The molecule has 0 saturated carbocycles. The number of para-hydroxylation sites is 1. The van der Waals surface area contributed by atoms with Gasteiger partial charge in [0.05, 0.1) is 24.0 Å². The summed E-state index contributed by atoms with van der Waals surface area (Å²) in [6, 6.07) is 19.1. The third-order valence-electron chi connectivity index (χ3n) is 6.24. The summed E-state index contributed by atoms with van der Waals surface area (Å²) >= 11 is 0. The first-order valence-electron chi connectivity index (χ1n) is 13.3. The number of nitrogens with one attached hydrogen (secondary N) is 1. The summed E-state index contributed by atoms with van der Waals surface area (Å²) in [5.41, 5.74) is 4.74. The predicted octanol–water partition coefficient (Wildman–Crippen LogP) is 8.21. The van der Waals surface area contributed by atoms with Crippen molar-refractivity contribution in [3.05, 3.63) is 113 Å². The molecule has 0 aliphatic heterocycles. The van der Waals surface area contributed by atoms with Gasteiger partial charge < -0.3 is 14.2 Å². The van der Waals surface area contributed by atoms with E-state index in [2.05, 4.69) is 5.43 Å².